The number of rotatable bonds is 3. The van der Waals surface area contributed by atoms with E-state index in [2.05, 4.69) is 56.5 Å². The number of benzene rings is 1. The zero-order chi connectivity index (χ0) is 13.3. The normalized spacial score (nSPS) is 10.9. The van der Waals surface area contributed by atoms with Gasteiger partial charge in [-0.3, -0.25) is 0 Å². The van der Waals surface area contributed by atoms with Gasteiger partial charge in [-0.1, -0.05) is 17.7 Å². The quantitative estimate of drug-likeness (QED) is 0.880. The summed E-state index contributed by atoms with van der Waals surface area (Å²) >= 11 is 0. The van der Waals surface area contributed by atoms with Crippen LogP contribution in [0.5, 0.6) is 0 Å². The Labute approximate surface area is 109 Å². The van der Waals surface area contributed by atoms with Gasteiger partial charge in [0.1, 0.15) is 0 Å². The van der Waals surface area contributed by atoms with Gasteiger partial charge in [-0.15, -0.1) is 0 Å². The summed E-state index contributed by atoms with van der Waals surface area (Å²) in [6.45, 7) is 9.34. The molecule has 0 amide bonds. The molecule has 0 unspecified atom stereocenters. The monoisotopic (exact) mass is 242 g/mol. The standard InChI is InChI=1S/C16H22N2/c1-11-5-6-16(12(2)9-11)18-13(3)10-15(7-8-17)14(18)4/h5-6,9-10H,7-8,17H2,1-4H3. The van der Waals surface area contributed by atoms with Crippen LogP contribution < -0.4 is 5.73 Å². The molecule has 0 spiro atoms. The van der Waals surface area contributed by atoms with Crippen LogP contribution in [-0.4, -0.2) is 11.1 Å². The number of hydrogen-bond acceptors (Lipinski definition) is 1. The summed E-state index contributed by atoms with van der Waals surface area (Å²) in [5, 5.41) is 0. The molecule has 18 heavy (non-hydrogen) atoms. The van der Waals surface area contributed by atoms with Crippen molar-refractivity contribution < 1.29 is 0 Å². The van der Waals surface area contributed by atoms with E-state index in [4.69, 9.17) is 5.73 Å². The summed E-state index contributed by atoms with van der Waals surface area (Å²) in [6.07, 6.45) is 0.949. The summed E-state index contributed by atoms with van der Waals surface area (Å²) in [6, 6.07) is 8.86. The van der Waals surface area contributed by atoms with Crippen molar-refractivity contribution in [2.75, 3.05) is 6.54 Å². The van der Waals surface area contributed by atoms with Gasteiger partial charge in [0, 0.05) is 17.1 Å². The lowest BCUT2D eigenvalue weighted by Gasteiger charge is -2.13. The molecule has 2 nitrogen and oxygen atoms in total. The molecule has 1 aromatic heterocycles. The van der Waals surface area contributed by atoms with Crippen LogP contribution in [0.3, 0.4) is 0 Å². The molecule has 1 aromatic carbocycles. The first-order valence-electron chi connectivity index (χ1n) is 6.50. The Hall–Kier alpha value is -1.54. The number of aromatic nitrogens is 1. The fraction of sp³-hybridized carbons (Fsp3) is 0.375. The minimum atomic E-state index is 0.706. The summed E-state index contributed by atoms with van der Waals surface area (Å²) < 4.78 is 2.33. The number of hydrogen-bond donors (Lipinski definition) is 1. The van der Waals surface area contributed by atoms with Gasteiger partial charge >= 0.3 is 0 Å². The van der Waals surface area contributed by atoms with Gasteiger partial charge in [-0.2, -0.15) is 0 Å². The maximum absolute atomic E-state index is 5.67. The van der Waals surface area contributed by atoms with E-state index in [0.29, 0.717) is 6.54 Å². The van der Waals surface area contributed by atoms with Crippen molar-refractivity contribution in [1.82, 2.24) is 4.57 Å². The van der Waals surface area contributed by atoms with Crippen molar-refractivity contribution in [3.05, 3.63) is 52.3 Å². The van der Waals surface area contributed by atoms with Crippen LogP contribution >= 0.6 is 0 Å². The first kappa shape index (κ1) is 12.9. The second-order valence-corrected chi connectivity index (χ2v) is 5.06. The molecule has 0 atom stereocenters. The highest BCUT2D eigenvalue weighted by Crippen LogP contribution is 2.24. The Bertz CT molecular complexity index is 565. The van der Waals surface area contributed by atoms with Crippen LogP contribution in [-0.2, 0) is 6.42 Å². The highest BCUT2D eigenvalue weighted by Gasteiger charge is 2.11. The largest absolute Gasteiger partial charge is 0.330 e. The van der Waals surface area contributed by atoms with Gasteiger partial charge in [0.05, 0.1) is 0 Å². The second-order valence-electron chi connectivity index (χ2n) is 5.06. The summed E-state index contributed by atoms with van der Waals surface area (Å²) in [4.78, 5) is 0. The topological polar surface area (TPSA) is 30.9 Å². The molecule has 2 rings (SSSR count). The SMILES string of the molecule is Cc1ccc(-n2c(C)cc(CCN)c2C)c(C)c1. The molecule has 0 saturated heterocycles. The van der Waals surface area contributed by atoms with Crippen LogP contribution in [0.2, 0.25) is 0 Å². The molecule has 2 heteroatoms. The van der Waals surface area contributed by atoms with E-state index < -0.39 is 0 Å². The van der Waals surface area contributed by atoms with E-state index in [0.717, 1.165) is 6.42 Å². The maximum Gasteiger partial charge on any atom is 0.0484 e. The van der Waals surface area contributed by atoms with Crippen molar-refractivity contribution in [2.24, 2.45) is 5.73 Å². The average molecular weight is 242 g/mol. The van der Waals surface area contributed by atoms with Gasteiger partial charge < -0.3 is 10.3 Å². The Morgan fingerprint density at radius 1 is 1.06 bits per heavy atom. The number of nitrogens with two attached hydrogens (primary N) is 1. The van der Waals surface area contributed by atoms with Crippen LogP contribution in [0, 0.1) is 27.7 Å². The first-order valence-corrected chi connectivity index (χ1v) is 6.50. The van der Waals surface area contributed by atoms with Gasteiger partial charge in [-0.05, 0) is 63.9 Å². The lowest BCUT2D eigenvalue weighted by molar-refractivity contribution is 0.915. The van der Waals surface area contributed by atoms with Crippen LogP contribution in [0.25, 0.3) is 5.69 Å². The molecule has 2 aromatic rings. The lowest BCUT2D eigenvalue weighted by Crippen LogP contribution is -2.05. The highest BCUT2D eigenvalue weighted by molar-refractivity contribution is 5.47. The summed E-state index contributed by atoms with van der Waals surface area (Å²) in [5.74, 6) is 0. The Balaban J connectivity index is 2.56. The second kappa shape index (κ2) is 4.99. The molecule has 0 saturated carbocycles. The Morgan fingerprint density at radius 2 is 1.78 bits per heavy atom. The van der Waals surface area contributed by atoms with Crippen LogP contribution in [0.1, 0.15) is 28.1 Å². The molecule has 0 aliphatic carbocycles. The van der Waals surface area contributed by atoms with Gasteiger partial charge in [0.25, 0.3) is 0 Å². The van der Waals surface area contributed by atoms with E-state index in [-0.39, 0.29) is 0 Å². The zero-order valence-electron chi connectivity index (χ0n) is 11.7. The Morgan fingerprint density at radius 3 is 2.39 bits per heavy atom. The molecular formula is C16H22N2. The smallest absolute Gasteiger partial charge is 0.0484 e. The number of aryl methyl sites for hydroxylation is 3. The minimum Gasteiger partial charge on any atom is -0.330 e. The molecule has 0 bridgehead atoms. The molecule has 0 aliphatic heterocycles. The third-order valence-corrected chi connectivity index (χ3v) is 3.54. The van der Waals surface area contributed by atoms with E-state index >= 15 is 0 Å². The number of nitrogens with zero attached hydrogens (tertiary/aromatic N) is 1. The molecule has 0 fully saturated rings. The zero-order valence-corrected chi connectivity index (χ0v) is 11.7. The molecule has 0 aliphatic rings. The third kappa shape index (κ3) is 2.21. The molecule has 2 N–H and O–H groups in total. The first-order chi connectivity index (χ1) is 8.54. The van der Waals surface area contributed by atoms with Gasteiger partial charge in [-0.25, -0.2) is 0 Å². The fourth-order valence-corrected chi connectivity index (χ4v) is 2.66. The molecule has 1 heterocycles. The van der Waals surface area contributed by atoms with Crippen molar-refractivity contribution >= 4 is 0 Å². The van der Waals surface area contributed by atoms with E-state index in [9.17, 15) is 0 Å². The van der Waals surface area contributed by atoms with E-state index in [1.54, 1.807) is 0 Å². The average Bonchev–Trinajstić information content (AvgIpc) is 2.56. The highest BCUT2D eigenvalue weighted by atomic mass is 15.0. The predicted octanol–water partition coefficient (Wildman–Crippen LogP) is 3.21. The minimum absolute atomic E-state index is 0.706. The fourth-order valence-electron chi connectivity index (χ4n) is 2.66. The predicted molar refractivity (Wildman–Crippen MR) is 77.5 cm³/mol. The summed E-state index contributed by atoms with van der Waals surface area (Å²) in [5.41, 5.74) is 13.5. The van der Waals surface area contributed by atoms with Crippen LogP contribution in [0.4, 0.5) is 0 Å². The van der Waals surface area contributed by atoms with E-state index in [1.165, 1.54) is 33.8 Å². The van der Waals surface area contributed by atoms with Crippen molar-refractivity contribution in [2.45, 2.75) is 34.1 Å². The maximum atomic E-state index is 5.67. The summed E-state index contributed by atoms with van der Waals surface area (Å²) in [7, 11) is 0. The molecule has 0 radical (unpaired) electrons. The third-order valence-electron chi connectivity index (χ3n) is 3.54. The van der Waals surface area contributed by atoms with Crippen molar-refractivity contribution in [3.63, 3.8) is 0 Å². The molecular weight excluding hydrogens is 220 g/mol. The molecule has 96 valence electrons. The van der Waals surface area contributed by atoms with Gasteiger partial charge in [0.15, 0.2) is 0 Å². The van der Waals surface area contributed by atoms with Gasteiger partial charge in [0.2, 0.25) is 0 Å². The van der Waals surface area contributed by atoms with Crippen LogP contribution in [0.15, 0.2) is 24.3 Å². The van der Waals surface area contributed by atoms with Crippen molar-refractivity contribution in [1.29, 1.82) is 0 Å². The van der Waals surface area contributed by atoms with E-state index in [1.807, 2.05) is 0 Å². The van der Waals surface area contributed by atoms with Crippen molar-refractivity contribution in [3.8, 4) is 5.69 Å². The lowest BCUT2D eigenvalue weighted by atomic mass is 10.1. The Kier molecular flexibility index (Phi) is 3.58.